The van der Waals surface area contributed by atoms with Crippen LogP contribution in [0.25, 0.3) is 0 Å². The summed E-state index contributed by atoms with van der Waals surface area (Å²) in [5.74, 6) is 0. The van der Waals surface area contributed by atoms with Crippen LogP contribution in [0.15, 0.2) is 58.3 Å². The third kappa shape index (κ3) is 3.44. The lowest BCUT2D eigenvalue weighted by molar-refractivity contribution is 0.245. The SMILES string of the molecule is Cc1ccc(S(=O)(=O)c2ccccc2)cc1NC1CCNCC1F. The first-order valence-corrected chi connectivity index (χ1v) is 9.49. The van der Waals surface area contributed by atoms with E-state index in [0.29, 0.717) is 18.7 Å². The fourth-order valence-electron chi connectivity index (χ4n) is 2.84. The molecule has 0 spiro atoms. The van der Waals surface area contributed by atoms with Crippen molar-refractivity contribution in [2.75, 3.05) is 18.4 Å². The fraction of sp³-hybridized carbons (Fsp3) is 0.333. The summed E-state index contributed by atoms with van der Waals surface area (Å²) in [6.45, 7) is 2.95. The van der Waals surface area contributed by atoms with Crippen molar-refractivity contribution in [1.82, 2.24) is 5.32 Å². The maximum absolute atomic E-state index is 14.0. The highest BCUT2D eigenvalue weighted by Gasteiger charge is 2.25. The maximum Gasteiger partial charge on any atom is 0.206 e. The molecule has 0 bridgehead atoms. The molecular weight excluding hydrogens is 327 g/mol. The summed E-state index contributed by atoms with van der Waals surface area (Å²) < 4.78 is 39.5. The number of nitrogens with one attached hydrogen (secondary N) is 2. The number of anilines is 1. The lowest BCUT2D eigenvalue weighted by Gasteiger charge is -2.29. The van der Waals surface area contributed by atoms with Crippen molar-refractivity contribution in [3.05, 3.63) is 54.1 Å². The molecule has 128 valence electrons. The second kappa shape index (κ2) is 6.91. The highest BCUT2D eigenvalue weighted by atomic mass is 32.2. The van der Waals surface area contributed by atoms with Gasteiger partial charge in [0, 0.05) is 12.2 Å². The molecule has 1 aliphatic rings. The van der Waals surface area contributed by atoms with Gasteiger partial charge in [-0.1, -0.05) is 24.3 Å². The van der Waals surface area contributed by atoms with Crippen LogP contribution >= 0.6 is 0 Å². The Kier molecular flexibility index (Phi) is 4.87. The Morgan fingerprint density at radius 3 is 2.58 bits per heavy atom. The molecule has 0 saturated carbocycles. The van der Waals surface area contributed by atoms with Gasteiger partial charge in [0.1, 0.15) is 6.17 Å². The molecule has 6 heteroatoms. The zero-order valence-electron chi connectivity index (χ0n) is 13.5. The Morgan fingerprint density at radius 1 is 1.12 bits per heavy atom. The van der Waals surface area contributed by atoms with E-state index in [1.807, 2.05) is 6.92 Å². The first kappa shape index (κ1) is 16.9. The van der Waals surface area contributed by atoms with Crippen molar-refractivity contribution in [3.63, 3.8) is 0 Å². The number of aryl methyl sites for hydroxylation is 1. The van der Waals surface area contributed by atoms with Gasteiger partial charge in [0.25, 0.3) is 0 Å². The molecule has 3 rings (SSSR count). The minimum atomic E-state index is -3.58. The van der Waals surface area contributed by atoms with Gasteiger partial charge in [0.05, 0.1) is 15.8 Å². The topological polar surface area (TPSA) is 58.2 Å². The van der Waals surface area contributed by atoms with Gasteiger partial charge in [-0.15, -0.1) is 0 Å². The van der Waals surface area contributed by atoms with Crippen molar-refractivity contribution < 1.29 is 12.8 Å². The first-order chi connectivity index (χ1) is 11.5. The second-order valence-electron chi connectivity index (χ2n) is 6.05. The summed E-state index contributed by atoms with van der Waals surface area (Å²) in [6.07, 6.45) is -0.330. The van der Waals surface area contributed by atoms with Gasteiger partial charge in [0.15, 0.2) is 0 Å². The van der Waals surface area contributed by atoms with E-state index in [2.05, 4.69) is 10.6 Å². The van der Waals surface area contributed by atoms with Crippen molar-refractivity contribution in [2.45, 2.75) is 35.3 Å². The zero-order chi connectivity index (χ0) is 17.2. The van der Waals surface area contributed by atoms with Crippen LogP contribution in [0.5, 0.6) is 0 Å². The van der Waals surface area contributed by atoms with Crippen LogP contribution < -0.4 is 10.6 Å². The third-order valence-electron chi connectivity index (χ3n) is 4.32. The molecule has 1 heterocycles. The Labute approximate surface area is 142 Å². The van der Waals surface area contributed by atoms with E-state index >= 15 is 0 Å². The Morgan fingerprint density at radius 2 is 1.88 bits per heavy atom. The molecule has 2 aromatic carbocycles. The monoisotopic (exact) mass is 348 g/mol. The number of halogens is 1. The lowest BCUT2D eigenvalue weighted by atomic mass is 10.0. The number of hydrogen-bond acceptors (Lipinski definition) is 4. The van der Waals surface area contributed by atoms with Gasteiger partial charge >= 0.3 is 0 Å². The predicted molar refractivity (Wildman–Crippen MR) is 92.9 cm³/mol. The summed E-state index contributed by atoms with van der Waals surface area (Å²) in [5.41, 5.74) is 1.56. The predicted octanol–water partition coefficient (Wildman–Crippen LogP) is 2.94. The van der Waals surface area contributed by atoms with Gasteiger partial charge in [-0.25, -0.2) is 12.8 Å². The normalized spacial score (nSPS) is 21.4. The van der Waals surface area contributed by atoms with Crippen LogP contribution in [-0.2, 0) is 9.84 Å². The molecule has 1 aliphatic heterocycles. The quantitative estimate of drug-likeness (QED) is 0.892. The summed E-state index contributed by atoms with van der Waals surface area (Å²) >= 11 is 0. The number of piperidine rings is 1. The van der Waals surface area contributed by atoms with Gasteiger partial charge in [-0.05, 0) is 49.7 Å². The van der Waals surface area contributed by atoms with Crippen LogP contribution in [0.3, 0.4) is 0 Å². The van der Waals surface area contributed by atoms with Crippen molar-refractivity contribution in [2.24, 2.45) is 0 Å². The molecule has 1 saturated heterocycles. The highest BCUT2D eigenvalue weighted by Crippen LogP contribution is 2.27. The van der Waals surface area contributed by atoms with E-state index in [4.69, 9.17) is 0 Å². The fourth-order valence-corrected chi connectivity index (χ4v) is 4.15. The number of benzene rings is 2. The summed E-state index contributed by atoms with van der Waals surface area (Å²) in [6, 6.07) is 13.0. The Bertz CT molecular complexity index is 809. The van der Waals surface area contributed by atoms with E-state index in [0.717, 1.165) is 12.1 Å². The van der Waals surface area contributed by atoms with Gasteiger partial charge < -0.3 is 10.6 Å². The molecule has 2 aromatic rings. The lowest BCUT2D eigenvalue weighted by Crippen LogP contribution is -2.45. The second-order valence-corrected chi connectivity index (χ2v) is 8.00. The Hall–Kier alpha value is -1.92. The Balaban J connectivity index is 1.91. The van der Waals surface area contributed by atoms with E-state index in [-0.39, 0.29) is 15.8 Å². The first-order valence-electron chi connectivity index (χ1n) is 8.00. The molecule has 0 aliphatic carbocycles. The third-order valence-corrected chi connectivity index (χ3v) is 6.09. The van der Waals surface area contributed by atoms with Crippen LogP contribution in [0.4, 0.5) is 10.1 Å². The average molecular weight is 348 g/mol. The summed E-state index contributed by atoms with van der Waals surface area (Å²) in [5, 5.41) is 6.19. The van der Waals surface area contributed by atoms with Gasteiger partial charge in [-0.2, -0.15) is 0 Å². The molecule has 24 heavy (non-hydrogen) atoms. The van der Waals surface area contributed by atoms with Gasteiger partial charge in [0.2, 0.25) is 9.84 Å². The number of alkyl halides is 1. The number of sulfone groups is 1. The summed E-state index contributed by atoms with van der Waals surface area (Å²) in [7, 11) is -3.58. The van der Waals surface area contributed by atoms with E-state index in [9.17, 15) is 12.8 Å². The van der Waals surface area contributed by atoms with E-state index in [1.165, 1.54) is 0 Å². The molecule has 2 unspecified atom stereocenters. The van der Waals surface area contributed by atoms with Crippen LogP contribution in [0.2, 0.25) is 0 Å². The molecule has 2 N–H and O–H groups in total. The molecule has 0 amide bonds. The van der Waals surface area contributed by atoms with Crippen LogP contribution in [-0.4, -0.2) is 33.7 Å². The molecule has 0 aromatic heterocycles. The highest BCUT2D eigenvalue weighted by molar-refractivity contribution is 7.91. The van der Waals surface area contributed by atoms with Crippen LogP contribution in [0.1, 0.15) is 12.0 Å². The average Bonchev–Trinajstić information content (AvgIpc) is 2.59. The molecule has 1 fully saturated rings. The van der Waals surface area contributed by atoms with E-state index in [1.54, 1.807) is 48.5 Å². The number of hydrogen-bond donors (Lipinski definition) is 2. The largest absolute Gasteiger partial charge is 0.379 e. The minimum absolute atomic E-state index is 0.214. The minimum Gasteiger partial charge on any atom is -0.379 e. The standard InChI is InChI=1S/C18H21FN2O2S/c1-13-7-8-15(24(22,23)14-5-3-2-4-6-14)11-18(13)21-17-9-10-20-12-16(17)19/h2-8,11,16-17,20-21H,9-10,12H2,1H3. The molecule has 4 nitrogen and oxygen atoms in total. The molecule has 0 radical (unpaired) electrons. The molecule has 2 atom stereocenters. The van der Waals surface area contributed by atoms with Gasteiger partial charge in [-0.3, -0.25) is 0 Å². The van der Waals surface area contributed by atoms with Crippen molar-refractivity contribution in [3.8, 4) is 0 Å². The van der Waals surface area contributed by atoms with Crippen LogP contribution in [0, 0.1) is 6.92 Å². The number of rotatable bonds is 4. The summed E-state index contributed by atoms with van der Waals surface area (Å²) in [4.78, 5) is 0.469. The maximum atomic E-state index is 14.0. The van der Waals surface area contributed by atoms with Crippen molar-refractivity contribution >= 4 is 15.5 Å². The smallest absolute Gasteiger partial charge is 0.206 e. The van der Waals surface area contributed by atoms with E-state index < -0.39 is 16.0 Å². The van der Waals surface area contributed by atoms with Crippen molar-refractivity contribution in [1.29, 1.82) is 0 Å². The zero-order valence-corrected chi connectivity index (χ0v) is 14.3. The molecular formula is C18H21FN2O2S.